The van der Waals surface area contributed by atoms with Crippen LogP contribution >= 0.6 is 11.8 Å². The maximum absolute atomic E-state index is 11.9. The summed E-state index contributed by atoms with van der Waals surface area (Å²) < 4.78 is 38.1. The van der Waals surface area contributed by atoms with Gasteiger partial charge in [-0.2, -0.15) is 0 Å². The van der Waals surface area contributed by atoms with E-state index in [2.05, 4.69) is 0 Å². The van der Waals surface area contributed by atoms with Crippen LogP contribution in [0.1, 0.15) is 27.7 Å². The van der Waals surface area contributed by atoms with Gasteiger partial charge < -0.3 is 38.3 Å². The first-order valence-corrected chi connectivity index (χ1v) is 11.4. The number of hydrogen-bond acceptors (Lipinski definition) is 13. The van der Waals surface area contributed by atoms with Crippen LogP contribution in [0.2, 0.25) is 0 Å². The highest BCUT2D eigenvalue weighted by Gasteiger charge is 2.53. The average Bonchev–Trinajstić information content (AvgIpc) is 2.75. The molecule has 1 fully saturated rings. The Morgan fingerprint density at radius 1 is 0.824 bits per heavy atom. The van der Waals surface area contributed by atoms with Gasteiger partial charge in [0.1, 0.15) is 18.1 Å². The average molecular weight is 507 g/mol. The Morgan fingerprint density at radius 3 is 1.94 bits per heavy atom. The fourth-order valence-electron chi connectivity index (χ4n) is 3.49. The number of ether oxygens (including phenoxy) is 7. The SMILES string of the molecule is CO[C@@H]1C=C[C@H](S[C@@H]2O[C@H](COC(C)=O)[C@H](OC(C)=O)[C@H](OC(C)=O)[C@H]2OC(C)=O)[C@@H](CO)O1. The van der Waals surface area contributed by atoms with E-state index in [1.807, 2.05) is 0 Å². The van der Waals surface area contributed by atoms with E-state index >= 15 is 0 Å². The van der Waals surface area contributed by atoms with Gasteiger partial charge in [0, 0.05) is 34.8 Å². The molecule has 13 heteroatoms. The predicted octanol–water partition coefficient (Wildman–Crippen LogP) is 0.0911. The molecule has 12 nitrogen and oxygen atoms in total. The van der Waals surface area contributed by atoms with Crippen LogP contribution in [0, 0.1) is 0 Å². The molecule has 0 bridgehead atoms. The highest BCUT2D eigenvalue weighted by Crippen LogP contribution is 2.38. The van der Waals surface area contributed by atoms with Gasteiger partial charge in [-0.15, -0.1) is 11.8 Å². The Balaban J connectivity index is 2.42. The van der Waals surface area contributed by atoms with E-state index in [1.54, 1.807) is 12.2 Å². The Labute approximate surface area is 201 Å². The minimum Gasteiger partial charge on any atom is -0.463 e. The molecule has 192 valence electrons. The molecule has 2 heterocycles. The van der Waals surface area contributed by atoms with Gasteiger partial charge in [0.25, 0.3) is 0 Å². The lowest BCUT2D eigenvalue weighted by atomic mass is 9.99. The second-order valence-corrected chi connectivity index (χ2v) is 8.80. The number of methoxy groups -OCH3 is 1. The maximum atomic E-state index is 11.9. The third kappa shape index (κ3) is 7.94. The third-order valence-electron chi connectivity index (χ3n) is 4.78. The molecule has 8 atom stereocenters. The first-order chi connectivity index (χ1) is 16.0. The van der Waals surface area contributed by atoms with Gasteiger partial charge in [-0.05, 0) is 6.08 Å². The fourth-order valence-corrected chi connectivity index (χ4v) is 4.88. The minimum atomic E-state index is -1.26. The summed E-state index contributed by atoms with van der Waals surface area (Å²) in [7, 11) is 1.45. The molecule has 0 aromatic carbocycles. The van der Waals surface area contributed by atoms with Gasteiger partial charge in [0.15, 0.2) is 24.6 Å². The molecule has 1 saturated heterocycles. The summed E-state index contributed by atoms with van der Waals surface area (Å²) in [6.45, 7) is 4.01. The van der Waals surface area contributed by atoms with Crippen LogP contribution in [0.25, 0.3) is 0 Å². The van der Waals surface area contributed by atoms with Gasteiger partial charge in [0.2, 0.25) is 0 Å². The number of aliphatic hydroxyl groups excluding tert-OH is 1. The molecule has 2 aliphatic rings. The molecule has 0 aliphatic carbocycles. The van der Waals surface area contributed by atoms with Crippen LogP contribution in [-0.4, -0.2) is 96.8 Å². The number of hydrogen-bond donors (Lipinski definition) is 1. The highest BCUT2D eigenvalue weighted by molar-refractivity contribution is 8.00. The molecule has 0 radical (unpaired) electrons. The molecule has 0 aromatic rings. The van der Waals surface area contributed by atoms with Crippen molar-refractivity contribution in [2.45, 2.75) is 75.2 Å². The van der Waals surface area contributed by atoms with E-state index in [0.717, 1.165) is 25.6 Å². The smallest absolute Gasteiger partial charge is 0.303 e. The summed E-state index contributed by atoms with van der Waals surface area (Å²) in [5, 5.41) is 9.31. The van der Waals surface area contributed by atoms with Gasteiger partial charge in [-0.1, -0.05) is 6.08 Å². The second kappa shape index (κ2) is 13.0. The Kier molecular flexibility index (Phi) is 10.8. The number of thioether (sulfide) groups is 1. The first-order valence-electron chi connectivity index (χ1n) is 10.5. The molecule has 0 aromatic heterocycles. The van der Waals surface area contributed by atoms with E-state index in [1.165, 1.54) is 21.0 Å². The molecular weight excluding hydrogens is 476 g/mol. The zero-order valence-corrected chi connectivity index (χ0v) is 20.4. The predicted molar refractivity (Wildman–Crippen MR) is 115 cm³/mol. The van der Waals surface area contributed by atoms with Crippen LogP contribution in [0.3, 0.4) is 0 Å². The number of carbonyl (C=O) groups is 4. The second-order valence-electron chi connectivity index (χ2n) is 7.51. The van der Waals surface area contributed by atoms with E-state index in [9.17, 15) is 24.3 Å². The monoisotopic (exact) mass is 506 g/mol. The zero-order chi connectivity index (χ0) is 25.4. The zero-order valence-electron chi connectivity index (χ0n) is 19.5. The third-order valence-corrected chi connectivity index (χ3v) is 6.21. The Morgan fingerprint density at radius 2 is 1.41 bits per heavy atom. The normalized spacial score (nSPS) is 33.0. The molecular formula is C21H30O12S. The van der Waals surface area contributed by atoms with E-state index in [0.29, 0.717) is 0 Å². The molecule has 2 aliphatic heterocycles. The van der Waals surface area contributed by atoms with Gasteiger partial charge in [-0.25, -0.2) is 0 Å². The maximum Gasteiger partial charge on any atom is 0.303 e. The summed E-state index contributed by atoms with van der Waals surface area (Å²) >= 11 is 1.13. The summed E-state index contributed by atoms with van der Waals surface area (Å²) in [6.07, 6.45) is -2.67. The van der Waals surface area contributed by atoms with Crippen molar-refractivity contribution in [3.63, 3.8) is 0 Å². The van der Waals surface area contributed by atoms with Crippen molar-refractivity contribution in [3.05, 3.63) is 12.2 Å². The molecule has 0 spiro atoms. The van der Waals surface area contributed by atoms with Crippen molar-refractivity contribution in [2.24, 2.45) is 0 Å². The number of aliphatic hydroxyl groups is 1. The number of esters is 4. The van der Waals surface area contributed by atoms with Gasteiger partial charge in [0.05, 0.1) is 18.0 Å². The van der Waals surface area contributed by atoms with Crippen molar-refractivity contribution in [3.8, 4) is 0 Å². The van der Waals surface area contributed by atoms with Crippen LogP contribution in [0.15, 0.2) is 12.2 Å². The van der Waals surface area contributed by atoms with E-state index in [4.69, 9.17) is 33.2 Å². The Bertz CT molecular complexity index is 771. The van der Waals surface area contributed by atoms with Crippen molar-refractivity contribution in [2.75, 3.05) is 20.3 Å². The Hall–Kier alpha value is -2.19. The van der Waals surface area contributed by atoms with Gasteiger partial charge >= 0.3 is 23.9 Å². The fraction of sp³-hybridized carbons (Fsp3) is 0.714. The van der Waals surface area contributed by atoms with Crippen molar-refractivity contribution in [1.82, 2.24) is 0 Å². The van der Waals surface area contributed by atoms with Crippen molar-refractivity contribution in [1.29, 1.82) is 0 Å². The molecule has 2 rings (SSSR count). The van der Waals surface area contributed by atoms with Gasteiger partial charge in [-0.3, -0.25) is 19.2 Å². The van der Waals surface area contributed by atoms with E-state index < -0.39 is 71.4 Å². The van der Waals surface area contributed by atoms with E-state index in [-0.39, 0.29) is 13.2 Å². The lowest BCUT2D eigenvalue weighted by molar-refractivity contribution is -0.237. The van der Waals surface area contributed by atoms with Crippen LogP contribution < -0.4 is 0 Å². The summed E-state index contributed by atoms with van der Waals surface area (Å²) in [5.74, 6) is -2.71. The van der Waals surface area contributed by atoms with Crippen molar-refractivity contribution < 1.29 is 57.4 Å². The summed E-state index contributed by atoms with van der Waals surface area (Å²) in [5.41, 5.74) is -0.980. The topological polar surface area (TPSA) is 153 Å². The van der Waals surface area contributed by atoms with Crippen LogP contribution in [-0.2, 0) is 52.3 Å². The number of carbonyl (C=O) groups excluding carboxylic acids is 4. The lowest BCUT2D eigenvalue weighted by Gasteiger charge is -2.45. The molecule has 0 saturated carbocycles. The minimum absolute atomic E-state index is 0.318. The molecule has 0 unspecified atom stereocenters. The quantitative estimate of drug-likeness (QED) is 0.255. The summed E-state index contributed by atoms with van der Waals surface area (Å²) in [4.78, 5) is 47.0. The largest absolute Gasteiger partial charge is 0.463 e. The van der Waals surface area contributed by atoms with Crippen LogP contribution in [0.5, 0.6) is 0 Å². The number of rotatable bonds is 9. The highest BCUT2D eigenvalue weighted by atomic mass is 32.2. The van der Waals surface area contributed by atoms with Crippen molar-refractivity contribution >= 4 is 35.6 Å². The summed E-state index contributed by atoms with van der Waals surface area (Å²) in [6, 6.07) is 0. The van der Waals surface area contributed by atoms with Crippen LogP contribution in [0.4, 0.5) is 0 Å². The molecule has 0 amide bonds. The molecule has 1 N–H and O–H groups in total. The standard InChI is InChI=1S/C21H30O12S/c1-10(23)28-9-15-18(29-11(2)24)19(30-12(3)25)20(31-13(4)26)21(33-15)34-16-6-7-17(27-5)32-14(16)8-22/h6-7,14-22H,8-9H2,1-5H3/t14-,15-,16+,17+,18+,19+,20-,21+/m1/s1. The first kappa shape index (κ1) is 28.1. The molecule has 34 heavy (non-hydrogen) atoms. The lowest BCUT2D eigenvalue weighted by Crippen LogP contribution is -2.62.